The normalized spacial score (nSPS) is 11.6. The summed E-state index contributed by atoms with van der Waals surface area (Å²) in [6, 6.07) is 10.6. The number of fused-ring (bicyclic) bond motifs is 1. The highest BCUT2D eigenvalue weighted by Gasteiger charge is 2.23. The summed E-state index contributed by atoms with van der Waals surface area (Å²) in [5, 5.41) is 0.718. The Balaban J connectivity index is 2.24. The van der Waals surface area contributed by atoms with Gasteiger partial charge in [-0.1, -0.05) is 17.7 Å². The van der Waals surface area contributed by atoms with Gasteiger partial charge in [-0.25, -0.2) is 8.42 Å². The molecule has 3 aromatic rings. The fourth-order valence-corrected chi connectivity index (χ4v) is 3.79. The van der Waals surface area contributed by atoms with Crippen molar-refractivity contribution in [3.8, 4) is 5.75 Å². The molecule has 3 rings (SSSR count). The first kappa shape index (κ1) is 15.6. The summed E-state index contributed by atoms with van der Waals surface area (Å²) >= 11 is 5.88. The molecule has 0 unspecified atom stereocenters. The summed E-state index contributed by atoms with van der Waals surface area (Å²) < 4.78 is 30.5. The molecule has 0 amide bonds. The van der Waals surface area contributed by atoms with E-state index in [9.17, 15) is 13.2 Å². The van der Waals surface area contributed by atoms with Crippen molar-refractivity contribution in [3.63, 3.8) is 0 Å². The first-order chi connectivity index (χ1) is 10.9. The van der Waals surface area contributed by atoms with E-state index in [0.29, 0.717) is 16.3 Å². The third-order valence-electron chi connectivity index (χ3n) is 3.45. The second kappa shape index (κ2) is 5.72. The molecule has 0 spiro atoms. The Morgan fingerprint density at radius 1 is 1.13 bits per heavy atom. The number of aromatic nitrogens is 1. The number of H-pyrrole nitrogens is 1. The van der Waals surface area contributed by atoms with Gasteiger partial charge in [0.2, 0.25) is 15.3 Å². The van der Waals surface area contributed by atoms with Crippen LogP contribution in [0.15, 0.2) is 63.2 Å². The highest BCUT2D eigenvalue weighted by Crippen LogP contribution is 2.23. The quantitative estimate of drug-likeness (QED) is 0.788. The van der Waals surface area contributed by atoms with E-state index in [2.05, 4.69) is 4.98 Å². The highest BCUT2D eigenvalue weighted by molar-refractivity contribution is 7.91. The van der Waals surface area contributed by atoms with Crippen LogP contribution in [0.1, 0.15) is 0 Å². The van der Waals surface area contributed by atoms with Gasteiger partial charge in [0.15, 0.2) is 0 Å². The number of hydrogen-bond acceptors (Lipinski definition) is 4. The van der Waals surface area contributed by atoms with Gasteiger partial charge in [-0.15, -0.1) is 0 Å². The molecule has 0 radical (unpaired) electrons. The monoisotopic (exact) mass is 349 g/mol. The Kier molecular flexibility index (Phi) is 3.87. The van der Waals surface area contributed by atoms with Gasteiger partial charge >= 0.3 is 0 Å². The SMILES string of the molecule is COc1cccc(S(=O)(=O)c2c[nH]c3cc(Cl)ccc3c2=O)c1. The van der Waals surface area contributed by atoms with Crippen molar-refractivity contribution >= 4 is 32.3 Å². The number of rotatable bonds is 3. The Morgan fingerprint density at radius 2 is 1.91 bits per heavy atom. The Morgan fingerprint density at radius 3 is 2.65 bits per heavy atom. The zero-order valence-corrected chi connectivity index (χ0v) is 13.6. The van der Waals surface area contributed by atoms with Crippen molar-refractivity contribution in [2.75, 3.05) is 7.11 Å². The number of ether oxygens (including phenoxy) is 1. The largest absolute Gasteiger partial charge is 0.497 e. The van der Waals surface area contributed by atoms with Gasteiger partial charge in [-0.05, 0) is 36.4 Å². The first-order valence-electron chi connectivity index (χ1n) is 6.63. The molecular formula is C16H12ClNO4S. The molecule has 7 heteroatoms. The van der Waals surface area contributed by atoms with E-state index >= 15 is 0 Å². The van der Waals surface area contributed by atoms with Gasteiger partial charge in [0, 0.05) is 16.6 Å². The average Bonchev–Trinajstić information content (AvgIpc) is 2.54. The predicted molar refractivity (Wildman–Crippen MR) is 88.0 cm³/mol. The zero-order chi connectivity index (χ0) is 16.6. The summed E-state index contributed by atoms with van der Waals surface area (Å²) in [6.45, 7) is 0. The number of halogens is 1. The van der Waals surface area contributed by atoms with Crippen molar-refractivity contribution in [2.45, 2.75) is 9.79 Å². The van der Waals surface area contributed by atoms with Crippen LogP contribution in [0.5, 0.6) is 5.75 Å². The van der Waals surface area contributed by atoms with E-state index in [4.69, 9.17) is 16.3 Å². The Bertz CT molecular complexity index is 1060. The zero-order valence-electron chi connectivity index (χ0n) is 12.0. The van der Waals surface area contributed by atoms with Crippen LogP contribution in [-0.2, 0) is 9.84 Å². The van der Waals surface area contributed by atoms with Gasteiger partial charge in [-0.3, -0.25) is 4.79 Å². The number of aromatic amines is 1. The van der Waals surface area contributed by atoms with Crippen LogP contribution < -0.4 is 10.2 Å². The average molecular weight is 350 g/mol. The molecule has 1 heterocycles. The third kappa shape index (κ3) is 2.71. The minimum atomic E-state index is -3.96. The lowest BCUT2D eigenvalue weighted by molar-refractivity contribution is 0.413. The molecule has 1 N–H and O–H groups in total. The number of hydrogen-bond donors (Lipinski definition) is 1. The van der Waals surface area contributed by atoms with Crippen LogP contribution in [-0.4, -0.2) is 20.5 Å². The first-order valence-corrected chi connectivity index (χ1v) is 8.49. The summed E-state index contributed by atoms with van der Waals surface area (Å²) in [4.78, 5) is 15.0. The fourth-order valence-electron chi connectivity index (χ4n) is 2.27. The Hall–Kier alpha value is -2.31. The van der Waals surface area contributed by atoms with E-state index in [1.165, 1.54) is 31.5 Å². The summed E-state index contributed by atoms with van der Waals surface area (Å²) in [6.07, 6.45) is 1.19. The third-order valence-corrected chi connectivity index (χ3v) is 5.44. The molecule has 23 heavy (non-hydrogen) atoms. The molecule has 0 atom stereocenters. The van der Waals surface area contributed by atoms with Crippen LogP contribution in [0.4, 0.5) is 0 Å². The maximum Gasteiger partial charge on any atom is 0.212 e. The Labute approximate surface area is 137 Å². The molecule has 0 aliphatic heterocycles. The molecule has 5 nitrogen and oxygen atoms in total. The second-order valence-corrected chi connectivity index (χ2v) is 7.21. The fraction of sp³-hybridized carbons (Fsp3) is 0.0625. The van der Waals surface area contributed by atoms with Gasteiger partial charge < -0.3 is 9.72 Å². The topological polar surface area (TPSA) is 76.2 Å². The van der Waals surface area contributed by atoms with E-state index < -0.39 is 15.3 Å². The molecule has 0 saturated carbocycles. The highest BCUT2D eigenvalue weighted by atomic mass is 35.5. The maximum atomic E-state index is 12.7. The van der Waals surface area contributed by atoms with Gasteiger partial charge in [0.05, 0.1) is 17.5 Å². The van der Waals surface area contributed by atoms with Crippen molar-refractivity contribution in [2.24, 2.45) is 0 Å². The number of benzene rings is 2. The molecule has 0 aliphatic rings. The lowest BCUT2D eigenvalue weighted by Crippen LogP contribution is -2.16. The molecule has 0 saturated heterocycles. The van der Waals surface area contributed by atoms with Crippen LogP contribution >= 0.6 is 11.6 Å². The number of sulfone groups is 1. The van der Waals surface area contributed by atoms with Crippen LogP contribution in [0.2, 0.25) is 5.02 Å². The smallest absolute Gasteiger partial charge is 0.212 e. The molecule has 2 aromatic carbocycles. The van der Waals surface area contributed by atoms with Crippen molar-refractivity contribution < 1.29 is 13.2 Å². The number of methoxy groups -OCH3 is 1. The molecular weight excluding hydrogens is 338 g/mol. The molecule has 0 fully saturated rings. The van der Waals surface area contributed by atoms with Gasteiger partial charge in [-0.2, -0.15) is 0 Å². The number of nitrogens with one attached hydrogen (secondary N) is 1. The summed E-state index contributed by atoms with van der Waals surface area (Å²) in [7, 11) is -2.52. The van der Waals surface area contributed by atoms with E-state index in [-0.39, 0.29) is 15.2 Å². The van der Waals surface area contributed by atoms with Crippen LogP contribution in [0.3, 0.4) is 0 Å². The van der Waals surface area contributed by atoms with Crippen molar-refractivity contribution in [1.82, 2.24) is 4.98 Å². The standard InChI is InChI=1S/C16H12ClNO4S/c1-22-11-3-2-4-12(8-11)23(20,21)15-9-18-14-7-10(17)5-6-13(14)16(15)19/h2-9H,1H3,(H,18,19). The van der Waals surface area contributed by atoms with E-state index in [1.54, 1.807) is 24.3 Å². The molecule has 1 aromatic heterocycles. The summed E-state index contributed by atoms with van der Waals surface area (Å²) in [5.74, 6) is 0.398. The van der Waals surface area contributed by atoms with E-state index in [1.807, 2.05) is 0 Å². The van der Waals surface area contributed by atoms with Crippen molar-refractivity contribution in [3.05, 3.63) is 63.9 Å². The lowest BCUT2D eigenvalue weighted by Gasteiger charge is -2.07. The van der Waals surface area contributed by atoms with Gasteiger partial charge in [0.1, 0.15) is 10.6 Å². The molecule has 0 aliphatic carbocycles. The van der Waals surface area contributed by atoms with E-state index in [0.717, 1.165) is 0 Å². The minimum Gasteiger partial charge on any atom is -0.497 e. The van der Waals surface area contributed by atoms with Gasteiger partial charge in [0.25, 0.3) is 0 Å². The minimum absolute atomic E-state index is 0.00402. The number of pyridine rings is 1. The molecule has 0 bridgehead atoms. The van der Waals surface area contributed by atoms with Crippen LogP contribution in [0.25, 0.3) is 10.9 Å². The molecule has 118 valence electrons. The maximum absolute atomic E-state index is 12.7. The van der Waals surface area contributed by atoms with Crippen LogP contribution in [0, 0.1) is 0 Å². The van der Waals surface area contributed by atoms with Crippen molar-refractivity contribution in [1.29, 1.82) is 0 Å². The predicted octanol–water partition coefficient (Wildman–Crippen LogP) is 3.02. The lowest BCUT2D eigenvalue weighted by atomic mass is 10.2. The second-order valence-electron chi connectivity index (χ2n) is 4.85. The summed E-state index contributed by atoms with van der Waals surface area (Å²) in [5.41, 5.74) is -0.0923.